The van der Waals surface area contributed by atoms with Gasteiger partial charge in [-0.25, -0.2) is 0 Å². The van der Waals surface area contributed by atoms with Gasteiger partial charge in [-0.3, -0.25) is 4.90 Å². The number of alkyl halides is 3. The average molecular weight is 405 g/mol. The minimum atomic E-state index is -4.38. The molecule has 0 bridgehead atoms. The number of aliphatic hydroxyl groups excluding tert-OH is 1. The normalized spacial score (nSPS) is 16.3. The molecule has 2 aromatic carbocycles. The lowest BCUT2D eigenvalue weighted by atomic mass is 10.1. The van der Waals surface area contributed by atoms with E-state index >= 15 is 0 Å². The summed E-state index contributed by atoms with van der Waals surface area (Å²) in [7, 11) is 0. The molecule has 3 rings (SSSR count). The van der Waals surface area contributed by atoms with E-state index in [4.69, 9.17) is 4.74 Å². The van der Waals surface area contributed by atoms with E-state index in [-0.39, 0.29) is 12.4 Å². The van der Waals surface area contributed by atoms with E-state index in [0.717, 1.165) is 44.0 Å². The molecule has 0 aromatic heterocycles. The van der Waals surface area contributed by atoms with Crippen molar-refractivity contribution in [2.45, 2.75) is 12.3 Å². The third kappa shape index (κ3) is 5.62. The molecule has 1 N–H and O–H groups in total. The van der Waals surface area contributed by atoms with E-state index in [2.05, 4.69) is 15.9 Å². The Balaban J connectivity index is 1.44. The van der Waals surface area contributed by atoms with Crippen molar-refractivity contribution < 1.29 is 23.0 Å². The number of benzene rings is 2. The molecule has 0 saturated carbocycles. The first kappa shape index (κ1) is 21.0. The Hall–Kier alpha value is -2.76. The van der Waals surface area contributed by atoms with Gasteiger partial charge in [0.05, 0.1) is 16.8 Å². The molecule has 0 radical (unpaired) electrons. The second-order valence-corrected chi connectivity index (χ2v) is 6.90. The molecule has 0 amide bonds. The highest BCUT2D eigenvalue weighted by atomic mass is 19.4. The molecule has 0 spiro atoms. The number of para-hydroxylation sites is 1. The number of β-amino-alcohol motifs (C(OH)–C–C–N with tert-alkyl or cyclic N) is 1. The Morgan fingerprint density at radius 2 is 1.69 bits per heavy atom. The van der Waals surface area contributed by atoms with Gasteiger partial charge in [0.15, 0.2) is 0 Å². The summed E-state index contributed by atoms with van der Waals surface area (Å²) in [6, 6.07) is 14.1. The van der Waals surface area contributed by atoms with Crippen LogP contribution < -0.4 is 9.64 Å². The minimum Gasteiger partial charge on any atom is -0.491 e. The Kier molecular flexibility index (Phi) is 6.62. The van der Waals surface area contributed by atoms with E-state index < -0.39 is 17.8 Å². The molecule has 1 heterocycles. The van der Waals surface area contributed by atoms with E-state index in [1.807, 2.05) is 18.2 Å². The standard InChI is InChI=1S/C21H22F3N3O2/c22-21(23,24)17-5-7-19(8-6-17)29-15-18(28)14-26-9-11-27(12-10-26)20-4-2-1-3-16(20)13-25/h1-8,18,28H,9-12,14-15H2/t18-/m0/s1. The number of aliphatic hydroxyl groups is 1. The van der Waals surface area contributed by atoms with Crippen LogP contribution in [0.15, 0.2) is 48.5 Å². The number of hydrogen-bond acceptors (Lipinski definition) is 5. The van der Waals surface area contributed by atoms with Gasteiger partial charge in [0, 0.05) is 32.7 Å². The number of nitriles is 1. The second-order valence-electron chi connectivity index (χ2n) is 6.90. The molecule has 5 nitrogen and oxygen atoms in total. The zero-order chi connectivity index (χ0) is 20.9. The van der Waals surface area contributed by atoms with Crippen molar-refractivity contribution in [3.8, 4) is 11.8 Å². The van der Waals surface area contributed by atoms with Crippen LogP contribution in [0.4, 0.5) is 18.9 Å². The van der Waals surface area contributed by atoms with E-state index in [1.165, 1.54) is 12.1 Å². The van der Waals surface area contributed by atoms with Gasteiger partial charge in [0.2, 0.25) is 0 Å². The average Bonchev–Trinajstić information content (AvgIpc) is 2.72. The summed E-state index contributed by atoms with van der Waals surface area (Å²) in [5.41, 5.74) is 0.827. The van der Waals surface area contributed by atoms with Crippen molar-refractivity contribution in [1.29, 1.82) is 5.26 Å². The molecule has 1 aliphatic rings. The summed E-state index contributed by atoms with van der Waals surface area (Å²) < 4.78 is 43.1. The molecule has 1 saturated heterocycles. The summed E-state index contributed by atoms with van der Waals surface area (Å²) in [5, 5.41) is 19.4. The summed E-state index contributed by atoms with van der Waals surface area (Å²) in [4.78, 5) is 4.26. The molecule has 0 aliphatic carbocycles. The SMILES string of the molecule is N#Cc1ccccc1N1CCN(C[C@H](O)COc2ccc(C(F)(F)F)cc2)CC1. The zero-order valence-electron chi connectivity index (χ0n) is 15.8. The van der Waals surface area contributed by atoms with Gasteiger partial charge in [-0.1, -0.05) is 12.1 Å². The summed E-state index contributed by atoms with van der Waals surface area (Å²) in [6.45, 7) is 3.36. The maximum atomic E-state index is 12.6. The van der Waals surface area contributed by atoms with Gasteiger partial charge in [0.1, 0.15) is 24.5 Å². The third-order valence-corrected chi connectivity index (χ3v) is 4.83. The van der Waals surface area contributed by atoms with Crippen LogP contribution in [0.3, 0.4) is 0 Å². The fourth-order valence-corrected chi connectivity index (χ4v) is 3.30. The van der Waals surface area contributed by atoms with Crippen LogP contribution in [0, 0.1) is 11.3 Å². The number of rotatable bonds is 6. The van der Waals surface area contributed by atoms with Crippen LogP contribution >= 0.6 is 0 Å². The van der Waals surface area contributed by atoms with Crippen LogP contribution in [0.25, 0.3) is 0 Å². The van der Waals surface area contributed by atoms with Crippen molar-refractivity contribution in [1.82, 2.24) is 4.90 Å². The summed E-state index contributed by atoms with van der Waals surface area (Å²) in [5.74, 6) is 0.287. The number of ether oxygens (including phenoxy) is 1. The van der Waals surface area contributed by atoms with Crippen LogP contribution in [0.1, 0.15) is 11.1 Å². The first-order chi connectivity index (χ1) is 13.9. The monoisotopic (exact) mass is 405 g/mol. The van der Waals surface area contributed by atoms with Crippen LogP contribution in [-0.4, -0.2) is 55.4 Å². The first-order valence-electron chi connectivity index (χ1n) is 9.31. The van der Waals surface area contributed by atoms with Crippen molar-refractivity contribution in [2.75, 3.05) is 44.2 Å². The fraction of sp³-hybridized carbons (Fsp3) is 0.381. The highest BCUT2D eigenvalue weighted by Crippen LogP contribution is 2.30. The number of halogens is 3. The lowest BCUT2D eigenvalue weighted by Gasteiger charge is -2.37. The number of anilines is 1. The van der Waals surface area contributed by atoms with E-state index in [9.17, 15) is 23.5 Å². The molecule has 1 atom stereocenters. The number of piperazine rings is 1. The van der Waals surface area contributed by atoms with E-state index in [0.29, 0.717) is 12.1 Å². The van der Waals surface area contributed by atoms with Gasteiger partial charge in [-0.2, -0.15) is 18.4 Å². The highest BCUT2D eigenvalue weighted by molar-refractivity contribution is 5.59. The van der Waals surface area contributed by atoms with Gasteiger partial charge < -0.3 is 14.7 Å². The molecule has 8 heteroatoms. The van der Waals surface area contributed by atoms with Crippen LogP contribution in [0.2, 0.25) is 0 Å². The Morgan fingerprint density at radius 3 is 2.31 bits per heavy atom. The zero-order valence-corrected chi connectivity index (χ0v) is 15.8. The minimum absolute atomic E-state index is 0.00282. The van der Waals surface area contributed by atoms with Gasteiger partial charge in [-0.05, 0) is 36.4 Å². The summed E-state index contributed by atoms with van der Waals surface area (Å²) >= 11 is 0. The van der Waals surface area contributed by atoms with Crippen molar-refractivity contribution in [3.63, 3.8) is 0 Å². The van der Waals surface area contributed by atoms with Gasteiger partial charge in [0.25, 0.3) is 0 Å². The van der Waals surface area contributed by atoms with Crippen molar-refractivity contribution in [3.05, 3.63) is 59.7 Å². The predicted octanol–water partition coefficient (Wildman–Crippen LogP) is 3.14. The maximum Gasteiger partial charge on any atom is 0.416 e. The number of nitrogens with zero attached hydrogens (tertiary/aromatic N) is 3. The van der Waals surface area contributed by atoms with E-state index in [1.54, 1.807) is 6.07 Å². The molecule has 1 fully saturated rings. The van der Waals surface area contributed by atoms with Crippen molar-refractivity contribution >= 4 is 5.69 Å². The largest absolute Gasteiger partial charge is 0.491 e. The molecule has 2 aromatic rings. The second kappa shape index (κ2) is 9.16. The molecule has 29 heavy (non-hydrogen) atoms. The lowest BCUT2D eigenvalue weighted by molar-refractivity contribution is -0.137. The quantitative estimate of drug-likeness (QED) is 0.800. The molecule has 0 unspecified atom stereocenters. The fourth-order valence-electron chi connectivity index (χ4n) is 3.30. The van der Waals surface area contributed by atoms with Gasteiger partial charge in [-0.15, -0.1) is 0 Å². The first-order valence-corrected chi connectivity index (χ1v) is 9.31. The van der Waals surface area contributed by atoms with Gasteiger partial charge >= 0.3 is 6.18 Å². The predicted molar refractivity (Wildman–Crippen MR) is 103 cm³/mol. The molecular formula is C21H22F3N3O2. The highest BCUT2D eigenvalue weighted by Gasteiger charge is 2.30. The molecule has 154 valence electrons. The summed E-state index contributed by atoms with van der Waals surface area (Å²) in [6.07, 6.45) is -5.14. The molecular weight excluding hydrogens is 383 g/mol. The number of hydrogen-bond donors (Lipinski definition) is 1. The molecule has 1 aliphatic heterocycles. The smallest absolute Gasteiger partial charge is 0.416 e. The van der Waals surface area contributed by atoms with Crippen LogP contribution in [0.5, 0.6) is 5.75 Å². The maximum absolute atomic E-state index is 12.6. The van der Waals surface area contributed by atoms with Crippen LogP contribution in [-0.2, 0) is 6.18 Å². The topological polar surface area (TPSA) is 59.7 Å². The Bertz CT molecular complexity index is 841. The lowest BCUT2D eigenvalue weighted by Crippen LogP contribution is -2.49. The van der Waals surface area contributed by atoms with Crippen molar-refractivity contribution in [2.24, 2.45) is 0 Å². The Morgan fingerprint density at radius 1 is 1.03 bits per heavy atom. The third-order valence-electron chi connectivity index (χ3n) is 4.83. The Labute approximate surface area is 167 Å².